The fourth-order valence-electron chi connectivity index (χ4n) is 1.26. The van der Waals surface area contributed by atoms with Gasteiger partial charge in [0.2, 0.25) is 5.91 Å². The molecule has 0 bridgehead atoms. The number of carbonyl (C=O) groups excluding carboxylic acids is 1. The van der Waals surface area contributed by atoms with E-state index in [9.17, 15) is 4.79 Å². The molecule has 68 valence electrons. The third kappa shape index (κ3) is 3.05. The van der Waals surface area contributed by atoms with Gasteiger partial charge in [0.25, 0.3) is 0 Å². The first kappa shape index (κ1) is 9.26. The Morgan fingerprint density at radius 3 is 3.08 bits per heavy atom. The Labute approximate surface area is 72.8 Å². The molecule has 0 saturated carbocycles. The molecule has 3 nitrogen and oxygen atoms in total. The number of hydrogen-bond acceptors (Lipinski definition) is 2. The van der Waals surface area contributed by atoms with Gasteiger partial charge < -0.3 is 10.1 Å². The Hall–Kier alpha value is -0.830. The standard InChI is InChI=1S/C9H15NO2/c1-2-4-9(11)10-8-5-3-6-12-7-8/h2,4,8H,3,5-7H2,1H3,(H,10,11)/b4-2+. The van der Waals surface area contributed by atoms with E-state index < -0.39 is 0 Å². The van der Waals surface area contributed by atoms with Crippen LogP contribution in [0.25, 0.3) is 0 Å². The molecule has 0 aromatic rings. The van der Waals surface area contributed by atoms with Crippen LogP contribution < -0.4 is 5.32 Å². The maximum absolute atomic E-state index is 11.1. The van der Waals surface area contributed by atoms with E-state index in [-0.39, 0.29) is 11.9 Å². The minimum atomic E-state index is -0.0204. The number of hydrogen-bond donors (Lipinski definition) is 1. The van der Waals surface area contributed by atoms with Crippen LogP contribution in [0.5, 0.6) is 0 Å². The number of amides is 1. The number of ether oxygens (including phenoxy) is 1. The molecule has 1 amide bonds. The highest BCUT2D eigenvalue weighted by Crippen LogP contribution is 2.05. The van der Waals surface area contributed by atoms with Crippen molar-refractivity contribution in [3.8, 4) is 0 Å². The Balaban J connectivity index is 2.24. The quantitative estimate of drug-likeness (QED) is 0.622. The minimum Gasteiger partial charge on any atom is -0.379 e. The molecule has 1 heterocycles. The second-order valence-corrected chi connectivity index (χ2v) is 2.92. The van der Waals surface area contributed by atoms with E-state index >= 15 is 0 Å². The van der Waals surface area contributed by atoms with Crippen molar-refractivity contribution >= 4 is 5.91 Å². The van der Waals surface area contributed by atoms with Gasteiger partial charge in [-0.2, -0.15) is 0 Å². The van der Waals surface area contributed by atoms with Crippen LogP contribution in [0.3, 0.4) is 0 Å². The van der Waals surface area contributed by atoms with Crippen molar-refractivity contribution in [2.45, 2.75) is 25.8 Å². The van der Waals surface area contributed by atoms with Gasteiger partial charge in [0.05, 0.1) is 12.6 Å². The van der Waals surface area contributed by atoms with E-state index in [0.717, 1.165) is 19.4 Å². The van der Waals surface area contributed by atoms with Crippen molar-refractivity contribution in [3.63, 3.8) is 0 Å². The van der Waals surface area contributed by atoms with E-state index in [1.807, 2.05) is 6.92 Å². The number of rotatable bonds is 2. The van der Waals surface area contributed by atoms with Crippen LogP contribution in [0.15, 0.2) is 12.2 Å². The summed E-state index contributed by atoms with van der Waals surface area (Å²) in [5, 5.41) is 2.87. The highest BCUT2D eigenvalue weighted by Gasteiger charge is 2.14. The molecule has 1 fully saturated rings. The van der Waals surface area contributed by atoms with Crippen LogP contribution >= 0.6 is 0 Å². The monoisotopic (exact) mass is 169 g/mol. The molecule has 0 aromatic carbocycles. The molecule has 12 heavy (non-hydrogen) atoms. The molecule has 1 saturated heterocycles. The van der Waals surface area contributed by atoms with Gasteiger partial charge >= 0.3 is 0 Å². The summed E-state index contributed by atoms with van der Waals surface area (Å²) in [4.78, 5) is 11.1. The van der Waals surface area contributed by atoms with Crippen molar-refractivity contribution in [3.05, 3.63) is 12.2 Å². The molecule has 3 heteroatoms. The second-order valence-electron chi connectivity index (χ2n) is 2.92. The van der Waals surface area contributed by atoms with Crippen LogP contribution in [0.2, 0.25) is 0 Å². The number of allylic oxidation sites excluding steroid dienone is 1. The SMILES string of the molecule is C/C=C/C(=O)NC1CCCOC1. The molecule has 1 atom stereocenters. The maximum atomic E-state index is 11.1. The lowest BCUT2D eigenvalue weighted by Crippen LogP contribution is -2.39. The van der Waals surface area contributed by atoms with Gasteiger partial charge in [0.1, 0.15) is 0 Å². The molecule has 0 aromatic heterocycles. The van der Waals surface area contributed by atoms with Crippen LogP contribution in [-0.4, -0.2) is 25.2 Å². The van der Waals surface area contributed by atoms with Gasteiger partial charge in [-0.3, -0.25) is 4.79 Å². The molecule has 0 radical (unpaired) electrons. The van der Waals surface area contributed by atoms with Crippen LogP contribution in [0, 0.1) is 0 Å². The van der Waals surface area contributed by atoms with Gasteiger partial charge in [-0.1, -0.05) is 6.08 Å². The lowest BCUT2D eigenvalue weighted by molar-refractivity contribution is -0.118. The summed E-state index contributed by atoms with van der Waals surface area (Å²) < 4.78 is 5.22. The van der Waals surface area contributed by atoms with Gasteiger partial charge in [-0.05, 0) is 25.8 Å². The van der Waals surface area contributed by atoms with Crippen molar-refractivity contribution in [1.29, 1.82) is 0 Å². The summed E-state index contributed by atoms with van der Waals surface area (Å²) in [5.41, 5.74) is 0. The van der Waals surface area contributed by atoms with E-state index in [2.05, 4.69) is 5.32 Å². The lowest BCUT2D eigenvalue weighted by atomic mass is 10.1. The largest absolute Gasteiger partial charge is 0.379 e. The van der Waals surface area contributed by atoms with Crippen molar-refractivity contribution in [2.24, 2.45) is 0 Å². The minimum absolute atomic E-state index is 0.0204. The van der Waals surface area contributed by atoms with Crippen molar-refractivity contribution < 1.29 is 9.53 Å². The first-order valence-electron chi connectivity index (χ1n) is 4.34. The van der Waals surface area contributed by atoms with Crippen molar-refractivity contribution in [2.75, 3.05) is 13.2 Å². The summed E-state index contributed by atoms with van der Waals surface area (Å²) in [6.45, 7) is 3.32. The average molecular weight is 169 g/mol. The molecule has 1 aliphatic rings. The summed E-state index contributed by atoms with van der Waals surface area (Å²) in [5.74, 6) is -0.0204. The maximum Gasteiger partial charge on any atom is 0.243 e. The average Bonchev–Trinajstić information content (AvgIpc) is 2.06. The molecule has 1 rings (SSSR count). The van der Waals surface area contributed by atoms with E-state index in [4.69, 9.17) is 4.74 Å². The number of nitrogens with one attached hydrogen (secondary N) is 1. The third-order valence-corrected chi connectivity index (χ3v) is 1.82. The van der Waals surface area contributed by atoms with Gasteiger partial charge in [0.15, 0.2) is 0 Å². The zero-order chi connectivity index (χ0) is 8.81. The van der Waals surface area contributed by atoms with Gasteiger partial charge in [-0.15, -0.1) is 0 Å². The summed E-state index contributed by atoms with van der Waals surface area (Å²) in [6.07, 6.45) is 5.34. The first-order valence-corrected chi connectivity index (χ1v) is 4.34. The Morgan fingerprint density at radius 2 is 2.50 bits per heavy atom. The van der Waals surface area contributed by atoms with Crippen LogP contribution in [0.4, 0.5) is 0 Å². The summed E-state index contributed by atoms with van der Waals surface area (Å²) in [6, 6.07) is 0.211. The Morgan fingerprint density at radius 1 is 1.67 bits per heavy atom. The predicted molar refractivity (Wildman–Crippen MR) is 46.8 cm³/mol. The van der Waals surface area contributed by atoms with Gasteiger partial charge in [-0.25, -0.2) is 0 Å². The van der Waals surface area contributed by atoms with Gasteiger partial charge in [0, 0.05) is 6.61 Å². The molecular weight excluding hydrogens is 154 g/mol. The third-order valence-electron chi connectivity index (χ3n) is 1.82. The second kappa shape index (κ2) is 4.93. The Bertz CT molecular complexity index is 171. The highest BCUT2D eigenvalue weighted by atomic mass is 16.5. The zero-order valence-electron chi connectivity index (χ0n) is 7.38. The normalized spacial score (nSPS) is 24.2. The predicted octanol–water partition coefficient (Wildman–Crippen LogP) is 0.858. The lowest BCUT2D eigenvalue weighted by Gasteiger charge is -2.22. The first-order chi connectivity index (χ1) is 5.83. The van der Waals surface area contributed by atoms with Crippen molar-refractivity contribution in [1.82, 2.24) is 5.32 Å². The van der Waals surface area contributed by atoms with Crippen LogP contribution in [-0.2, 0) is 9.53 Å². The fourth-order valence-corrected chi connectivity index (χ4v) is 1.26. The fraction of sp³-hybridized carbons (Fsp3) is 0.667. The highest BCUT2D eigenvalue weighted by molar-refractivity contribution is 5.87. The van der Waals surface area contributed by atoms with E-state index in [0.29, 0.717) is 6.61 Å². The molecule has 0 aliphatic carbocycles. The zero-order valence-corrected chi connectivity index (χ0v) is 7.38. The Kier molecular flexibility index (Phi) is 3.80. The smallest absolute Gasteiger partial charge is 0.243 e. The van der Waals surface area contributed by atoms with E-state index in [1.165, 1.54) is 6.08 Å². The molecule has 1 aliphatic heterocycles. The molecular formula is C9H15NO2. The van der Waals surface area contributed by atoms with E-state index in [1.54, 1.807) is 6.08 Å². The van der Waals surface area contributed by atoms with Crippen LogP contribution in [0.1, 0.15) is 19.8 Å². The summed E-state index contributed by atoms with van der Waals surface area (Å²) in [7, 11) is 0. The summed E-state index contributed by atoms with van der Waals surface area (Å²) >= 11 is 0. The molecule has 1 N–H and O–H groups in total. The topological polar surface area (TPSA) is 38.3 Å². The molecule has 1 unspecified atom stereocenters. The molecule has 0 spiro atoms. The number of carbonyl (C=O) groups is 1.